The summed E-state index contributed by atoms with van der Waals surface area (Å²) in [5.41, 5.74) is 0. The summed E-state index contributed by atoms with van der Waals surface area (Å²) in [5, 5.41) is 0. The molecule has 0 aromatic heterocycles. The van der Waals surface area contributed by atoms with Gasteiger partial charge in [0.2, 0.25) is 0 Å². The first-order valence-corrected chi connectivity index (χ1v) is 12.6. The van der Waals surface area contributed by atoms with E-state index in [0.717, 1.165) is 19.3 Å². The van der Waals surface area contributed by atoms with Crippen molar-refractivity contribution in [2.24, 2.45) is 5.92 Å². The van der Waals surface area contributed by atoms with Crippen molar-refractivity contribution in [1.82, 2.24) is 0 Å². The number of esters is 1. The summed E-state index contributed by atoms with van der Waals surface area (Å²) in [4.78, 5) is 20.5. The smallest absolute Gasteiger partial charge is 0.466 e. The third-order valence-electron chi connectivity index (χ3n) is 4.69. The van der Waals surface area contributed by atoms with Crippen LogP contribution in [-0.4, -0.2) is 24.1 Å². The first-order valence-electron chi connectivity index (χ1n) is 11.5. The summed E-state index contributed by atoms with van der Waals surface area (Å²) in [6.07, 6.45) is 16.4. The van der Waals surface area contributed by atoms with Crippen molar-refractivity contribution < 1.29 is 23.5 Å². The number of rotatable bonds is 18. The zero-order chi connectivity index (χ0) is 21.5. The number of unbranched alkanes of at least 4 members (excludes halogenated alkanes) is 10. The van der Waals surface area contributed by atoms with E-state index in [1.54, 1.807) is 6.92 Å². The Kier molecular flexibility index (Phi) is 26.0. The lowest BCUT2D eigenvalue weighted by Crippen LogP contribution is -2.19. The van der Waals surface area contributed by atoms with Gasteiger partial charge in [-0.05, 0) is 19.8 Å². The highest BCUT2D eigenvalue weighted by Gasteiger charge is 2.22. The van der Waals surface area contributed by atoms with Crippen molar-refractivity contribution in [3.05, 3.63) is 0 Å². The fourth-order valence-electron chi connectivity index (χ4n) is 2.79. The van der Waals surface area contributed by atoms with Gasteiger partial charge in [0, 0.05) is 4.57 Å². The maximum atomic E-state index is 11.9. The summed E-state index contributed by atoms with van der Waals surface area (Å²) < 4.78 is 20.3. The van der Waals surface area contributed by atoms with Gasteiger partial charge in [-0.1, -0.05) is 97.8 Å². The van der Waals surface area contributed by atoms with Crippen molar-refractivity contribution in [3.63, 3.8) is 0 Å². The quantitative estimate of drug-likeness (QED) is 0.142. The average Bonchev–Trinajstić information content (AvgIpc) is 2.68. The highest BCUT2D eigenvalue weighted by atomic mass is 31.1. The second kappa shape index (κ2) is 24.5. The highest BCUT2D eigenvalue weighted by molar-refractivity contribution is 7.32. The number of carbonyl (C=O) groups is 1. The van der Waals surface area contributed by atoms with E-state index < -0.39 is 8.25 Å². The van der Waals surface area contributed by atoms with Crippen LogP contribution in [0.2, 0.25) is 0 Å². The highest BCUT2D eigenvalue weighted by Crippen LogP contribution is 2.21. The molecule has 2 atom stereocenters. The molecule has 0 fully saturated rings. The molecule has 0 aliphatic carbocycles. The second-order valence-corrected chi connectivity index (χ2v) is 8.01. The molecule has 0 bridgehead atoms. The van der Waals surface area contributed by atoms with Gasteiger partial charge in [-0.3, -0.25) is 4.79 Å². The molecule has 0 aliphatic heterocycles. The predicted octanol–water partition coefficient (Wildman–Crippen LogP) is 7.34. The molecule has 28 heavy (non-hydrogen) atoms. The summed E-state index contributed by atoms with van der Waals surface area (Å²) in [5.74, 6) is -0.445. The van der Waals surface area contributed by atoms with Crippen LogP contribution in [0.4, 0.5) is 0 Å². The van der Waals surface area contributed by atoms with Crippen LogP contribution >= 0.6 is 8.25 Å². The van der Waals surface area contributed by atoms with Gasteiger partial charge in [-0.25, -0.2) is 0 Å². The van der Waals surface area contributed by atoms with Gasteiger partial charge in [0.1, 0.15) is 6.61 Å². The Bertz CT molecular complexity index is 348. The van der Waals surface area contributed by atoms with E-state index in [1.807, 2.05) is 0 Å². The zero-order valence-electron chi connectivity index (χ0n) is 18.9. The molecule has 0 saturated heterocycles. The molecule has 5 nitrogen and oxygen atoms in total. The summed E-state index contributed by atoms with van der Waals surface area (Å²) in [6.45, 7) is 8.87. The molecule has 0 amide bonds. The lowest BCUT2D eigenvalue weighted by molar-refractivity contribution is -0.148. The Hall–Kier alpha value is -0.510. The van der Waals surface area contributed by atoms with Crippen molar-refractivity contribution in [1.29, 1.82) is 0 Å². The van der Waals surface area contributed by atoms with E-state index >= 15 is 0 Å². The van der Waals surface area contributed by atoms with Crippen LogP contribution in [0.25, 0.3) is 0 Å². The number of hydrogen-bond acceptors (Lipinski definition) is 4. The topological polar surface area (TPSA) is 72.8 Å². The third kappa shape index (κ3) is 23.5. The summed E-state index contributed by atoms with van der Waals surface area (Å²) in [6, 6.07) is 0. The van der Waals surface area contributed by atoms with E-state index in [1.165, 1.54) is 64.2 Å². The van der Waals surface area contributed by atoms with Crippen molar-refractivity contribution in [2.45, 2.75) is 118 Å². The Balaban J connectivity index is 0. The standard InChI is InChI=1S/C18H35O5P.C4H10/c1-3-5-6-7-8-9-10-11-12-13-14-17(18(19)22-4-2)15-16-23-24(20)21;1-3-4-2/h17H,3-16H2,1-2H3;3-4H2,1-2H3/p+1. The first kappa shape index (κ1) is 29.7. The molecule has 0 heterocycles. The van der Waals surface area contributed by atoms with Gasteiger partial charge in [0.05, 0.1) is 12.5 Å². The van der Waals surface area contributed by atoms with Crippen molar-refractivity contribution in [2.75, 3.05) is 13.2 Å². The third-order valence-corrected chi connectivity index (χ3v) is 5.10. The fraction of sp³-hybridized carbons (Fsp3) is 0.955. The predicted molar refractivity (Wildman–Crippen MR) is 118 cm³/mol. The van der Waals surface area contributed by atoms with Gasteiger partial charge in [-0.2, -0.15) is 0 Å². The molecular formula is C22H46O5P+. The largest absolute Gasteiger partial charge is 0.694 e. The maximum Gasteiger partial charge on any atom is 0.694 e. The first-order chi connectivity index (χ1) is 13.5. The zero-order valence-corrected chi connectivity index (χ0v) is 19.8. The molecule has 168 valence electrons. The number of hydrogen-bond donors (Lipinski definition) is 1. The van der Waals surface area contributed by atoms with E-state index in [2.05, 4.69) is 25.3 Å². The lowest BCUT2D eigenvalue weighted by Gasteiger charge is -2.14. The van der Waals surface area contributed by atoms with Gasteiger partial charge in [-0.15, -0.1) is 9.42 Å². The van der Waals surface area contributed by atoms with E-state index in [-0.39, 0.29) is 18.5 Å². The van der Waals surface area contributed by atoms with Crippen LogP contribution in [0.5, 0.6) is 0 Å². The van der Waals surface area contributed by atoms with Crippen LogP contribution in [0, 0.1) is 5.92 Å². The van der Waals surface area contributed by atoms with Crippen molar-refractivity contribution >= 4 is 14.2 Å². The van der Waals surface area contributed by atoms with Crippen molar-refractivity contribution in [3.8, 4) is 0 Å². The van der Waals surface area contributed by atoms with E-state index in [9.17, 15) is 9.36 Å². The average molecular weight is 422 g/mol. The van der Waals surface area contributed by atoms with Crippen LogP contribution in [-0.2, 0) is 18.6 Å². The maximum absolute atomic E-state index is 11.9. The molecule has 0 radical (unpaired) electrons. The minimum Gasteiger partial charge on any atom is -0.466 e. The Labute approximate surface area is 174 Å². The molecule has 0 saturated carbocycles. The summed E-state index contributed by atoms with van der Waals surface area (Å²) in [7, 11) is -2.59. The summed E-state index contributed by atoms with van der Waals surface area (Å²) >= 11 is 0. The number of ether oxygens (including phenoxy) is 1. The Morgan fingerprint density at radius 3 is 1.71 bits per heavy atom. The fourth-order valence-corrected chi connectivity index (χ4v) is 3.05. The van der Waals surface area contributed by atoms with Gasteiger partial charge < -0.3 is 4.74 Å². The van der Waals surface area contributed by atoms with Gasteiger partial charge >= 0.3 is 14.2 Å². The molecule has 0 aromatic carbocycles. The van der Waals surface area contributed by atoms with Gasteiger partial charge in [0.15, 0.2) is 0 Å². The Morgan fingerprint density at radius 1 is 0.786 bits per heavy atom. The molecule has 0 aromatic rings. The molecule has 0 aliphatic rings. The molecule has 0 spiro atoms. The molecule has 2 unspecified atom stereocenters. The van der Waals surface area contributed by atoms with Crippen LogP contribution in [0.1, 0.15) is 118 Å². The molecule has 6 heteroatoms. The monoisotopic (exact) mass is 421 g/mol. The molecule has 0 rings (SSSR count). The molecule has 1 N–H and O–H groups in total. The van der Waals surface area contributed by atoms with Crippen LogP contribution < -0.4 is 0 Å². The lowest BCUT2D eigenvalue weighted by atomic mass is 9.97. The Morgan fingerprint density at radius 2 is 1.29 bits per heavy atom. The molecular weight excluding hydrogens is 375 g/mol. The minimum absolute atomic E-state index is 0.118. The SMILES string of the molecule is CCCC.CCCCCCCCCCCCC(CCO[P+](=O)O)C(=O)OCC. The van der Waals surface area contributed by atoms with E-state index in [4.69, 9.17) is 9.63 Å². The number of carbonyl (C=O) groups excluding carboxylic acids is 1. The van der Waals surface area contributed by atoms with Crippen LogP contribution in [0.3, 0.4) is 0 Å². The van der Waals surface area contributed by atoms with E-state index in [0.29, 0.717) is 13.0 Å². The minimum atomic E-state index is -2.59. The van der Waals surface area contributed by atoms with Crippen LogP contribution in [0.15, 0.2) is 0 Å². The normalized spacial score (nSPS) is 12.1. The van der Waals surface area contributed by atoms with Gasteiger partial charge in [0.25, 0.3) is 0 Å². The second-order valence-electron chi connectivity index (χ2n) is 7.28.